The van der Waals surface area contributed by atoms with Gasteiger partial charge in [0.25, 0.3) is 0 Å². The number of sulfonamides is 1. The van der Waals surface area contributed by atoms with E-state index in [-0.39, 0.29) is 30.4 Å². The normalized spacial score (nSPS) is 11.3. The maximum absolute atomic E-state index is 13.6. The van der Waals surface area contributed by atoms with Crippen LogP contribution in [0.5, 0.6) is 0 Å². The molecule has 0 aliphatic rings. The standard InChI is InChI=1S/C12H17FN2O3S/c1-3-19(17,18)14-8-9-15(10(2)16)12-7-5-4-6-11(12)13/h4-7,14H,3,8-9H2,1-2H3. The Bertz CT molecular complexity index is 546. The highest BCUT2D eigenvalue weighted by Crippen LogP contribution is 2.18. The summed E-state index contributed by atoms with van der Waals surface area (Å²) in [7, 11) is -3.31. The van der Waals surface area contributed by atoms with Gasteiger partial charge < -0.3 is 4.90 Å². The lowest BCUT2D eigenvalue weighted by Gasteiger charge is -2.21. The summed E-state index contributed by atoms with van der Waals surface area (Å²) in [6.45, 7) is 2.95. The highest BCUT2D eigenvalue weighted by Gasteiger charge is 2.16. The average molecular weight is 288 g/mol. The molecule has 0 spiro atoms. The summed E-state index contributed by atoms with van der Waals surface area (Å²) in [6, 6.07) is 5.87. The zero-order valence-corrected chi connectivity index (χ0v) is 11.7. The lowest BCUT2D eigenvalue weighted by Crippen LogP contribution is -2.38. The summed E-state index contributed by atoms with van der Waals surface area (Å²) >= 11 is 0. The molecule has 0 aromatic heterocycles. The molecule has 0 bridgehead atoms. The van der Waals surface area contributed by atoms with E-state index in [0.29, 0.717) is 0 Å². The minimum absolute atomic E-state index is 0.0350. The molecular formula is C12H17FN2O3S. The van der Waals surface area contributed by atoms with E-state index < -0.39 is 15.8 Å². The Morgan fingerprint density at radius 1 is 1.37 bits per heavy atom. The van der Waals surface area contributed by atoms with Crippen LogP contribution in [-0.2, 0) is 14.8 Å². The Kier molecular flexibility index (Phi) is 5.44. The number of hydrogen-bond donors (Lipinski definition) is 1. The Hall–Kier alpha value is -1.47. The second-order valence-electron chi connectivity index (χ2n) is 3.92. The molecule has 1 amide bonds. The zero-order valence-electron chi connectivity index (χ0n) is 10.9. The van der Waals surface area contributed by atoms with Gasteiger partial charge in [0.15, 0.2) is 0 Å². The van der Waals surface area contributed by atoms with Crippen molar-refractivity contribution in [3.8, 4) is 0 Å². The molecule has 1 aromatic carbocycles. The molecule has 106 valence electrons. The van der Waals surface area contributed by atoms with Gasteiger partial charge in [-0.3, -0.25) is 4.79 Å². The molecule has 0 aliphatic carbocycles. The summed E-state index contributed by atoms with van der Waals surface area (Å²) in [5, 5.41) is 0. The Morgan fingerprint density at radius 3 is 2.53 bits per heavy atom. The third-order valence-corrected chi connectivity index (χ3v) is 3.96. The largest absolute Gasteiger partial charge is 0.309 e. The number of nitrogens with one attached hydrogen (secondary N) is 1. The molecule has 1 N–H and O–H groups in total. The van der Waals surface area contributed by atoms with Crippen molar-refractivity contribution in [3.63, 3.8) is 0 Å². The number of halogens is 1. The summed E-state index contributed by atoms with van der Waals surface area (Å²) < 4.78 is 38.5. The van der Waals surface area contributed by atoms with Crippen LogP contribution >= 0.6 is 0 Å². The van der Waals surface area contributed by atoms with Crippen molar-refractivity contribution in [2.75, 3.05) is 23.7 Å². The van der Waals surface area contributed by atoms with Crippen LogP contribution in [0.25, 0.3) is 0 Å². The molecule has 7 heteroatoms. The lowest BCUT2D eigenvalue weighted by molar-refractivity contribution is -0.116. The first-order valence-corrected chi connectivity index (χ1v) is 7.52. The van der Waals surface area contributed by atoms with Gasteiger partial charge >= 0.3 is 0 Å². The fraction of sp³-hybridized carbons (Fsp3) is 0.417. The van der Waals surface area contributed by atoms with Crippen LogP contribution in [0.1, 0.15) is 13.8 Å². The van der Waals surface area contributed by atoms with Gasteiger partial charge in [0.05, 0.1) is 11.4 Å². The number of carbonyl (C=O) groups excluding carboxylic acids is 1. The maximum Gasteiger partial charge on any atom is 0.223 e. The lowest BCUT2D eigenvalue weighted by atomic mass is 10.2. The molecule has 0 saturated carbocycles. The van der Waals surface area contributed by atoms with E-state index in [9.17, 15) is 17.6 Å². The van der Waals surface area contributed by atoms with Crippen LogP contribution < -0.4 is 9.62 Å². The van der Waals surface area contributed by atoms with Gasteiger partial charge in [0.1, 0.15) is 5.82 Å². The molecule has 0 atom stereocenters. The van der Waals surface area contributed by atoms with Gasteiger partial charge in [-0.1, -0.05) is 12.1 Å². The van der Waals surface area contributed by atoms with Crippen LogP contribution in [0, 0.1) is 5.82 Å². The number of rotatable bonds is 6. The molecule has 1 aromatic rings. The summed E-state index contributed by atoms with van der Waals surface area (Å²) in [5.74, 6) is -0.899. The van der Waals surface area contributed by atoms with Gasteiger partial charge in [-0.25, -0.2) is 17.5 Å². The zero-order chi connectivity index (χ0) is 14.5. The van der Waals surface area contributed by atoms with Gasteiger partial charge in [-0.2, -0.15) is 0 Å². The topological polar surface area (TPSA) is 66.5 Å². The number of benzene rings is 1. The third kappa shape index (κ3) is 4.60. The van der Waals surface area contributed by atoms with E-state index in [1.807, 2.05) is 0 Å². The Balaban J connectivity index is 2.76. The van der Waals surface area contributed by atoms with Gasteiger partial charge in [-0.15, -0.1) is 0 Å². The Morgan fingerprint density at radius 2 is 2.00 bits per heavy atom. The molecule has 0 heterocycles. The summed E-state index contributed by atoms with van der Waals surface area (Å²) in [6.07, 6.45) is 0. The number of amides is 1. The van der Waals surface area contributed by atoms with Gasteiger partial charge in [-0.05, 0) is 19.1 Å². The summed E-state index contributed by atoms with van der Waals surface area (Å²) in [4.78, 5) is 12.7. The first-order valence-electron chi connectivity index (χ1n) is 5.87. The van der Waals surface area contributed by atoms with Crippen molar-refractivity contribution in [2.45, 2.75) is 13.8 Å². The molecule has 0 aliphatic heterocycles. The van der Waals surface area contributed by atoms with E-state index in [0.717, 1.165) is 0 Å². The van der Waals surface area contributed by atoms with Crippen molar-refractivity contribution in [3.05, 3.63) is 30.1 Å². The number of nitrogens with zero attached hydrogens (tertiary/aromatic N) is 1. The maximum atomic E-state index is 13.6. The predicted octanol–water partition coefficient (Wildman–Crippen LogP) is 1.12. The van der Waals surface area contributed by atoms with Crippen LogP contribution in [0.15, 0.2) is 24.3 Å². The molecule has 0 unspecified atom stereocenters. The fourth-order valence-electron chi connectivity index (χ4n) is 1.53. The van der Waals surface area contributed by atoms with Gasteiger partial charge in [0, 0.05) is 20.0 Å². The third-order valence-electron chi connectivity index (χ3n) is 2.56. The molecule has 1 rings (SSSR count). The quantitative estimate of drug-likeness (QED) is 0.853. The van der Waals surface area contributed by atoms with Crippen LogP contribution in [-0.4, -0.2) is 33.2 Å². The van der Waals surface area contributed by atoms with E-state index in [2.05, 4.69) is 4.72 Å². The van der Waals surface area contributed by atoms with Gasteiger partial charge in [0.2, 0.25) is 15.9 Å². The average Bonchev–Trinajstić information content (AvgIpc) is 2.35. The molecule has 19 heavy (non-hydrogen) atoms. The first kappa shape index (κ1) is 15.6. The van der Waals surface area contributed by atoms with E-state index >= 15 is 0 Å². The van der Waals surface area contributed by atoms with Crippen LogP contribution in [0.4, 0.5) is 10.1 Å². The SMILES string of the molecule is CCS(=O)(=O)NCCN(C(C)=O)c1ccccc1F. The van der Waals surface area contributed by atoms with E-state index in [1.54, 1.807) is 6.07 Å². The van der Waals surface area contributed by atoms with E-state index in [4.69, 9.17) is 0 Å². The van der Waals surface area contributed by atoms with Crippen molar-refractivity contribution >= 4 is 21.6 Å². The van der Waals surface area contributed by atoms with Crippen molar-refractivity contribution in [1.82, 2.24) is 4.72 Å². The number of hydrogen-bond acceptors (Lipinski definition) is 3. The molecular weight excluding hydrogens is 271 g/mol. The first-order chi connectivity index (χ1) is 8.87. The molecule has 0 saturated heterocycles. The van der Waals surface area contributed by atoms with Crippen molar-refractivity contribution in [1.29, 1.82) is 0 Å². The Labute approximate surface area is 112 Å². The molecule has 0 radical (unpaired) electrons. The molecule has 5 nitrogen and oxygen atoms in total. The predicted molar refractivity (Wildman–Crippen MR) is 71.9 cm³/mol. The number of anilines is 1. The summed E-state index contributed by atoms with van der Waals surface area (Å²) in [5.41, 5.74) is 0.144. The second kappa shape index (κ2) is 6.63. The minimum atomic E-state index is -3.31. The van der Waals surface area contributed by atoms with Crippen LogP contribution in [0.3, 0.4) is 0 Å². The molecule has 0 fully saturated rings. The minimum Gasteiger partial charge on any atom is -0.309 e. The number of carbonyl (C=O) groups is 1. The second-order valence-corrected chi connectivity index (χ2v) is 6.02. The highest BCUT2D eigenvalue weighted by molar-refractivity contribution is 7.89. The van der Waals surface area contributed by atoms with Crippen LogP contribution in [0.2, 0.25) is 0 Å². The van der Waals surface area contributed by atoms with Crippen molar-refractivity contribution in [2.24, 2.45) is 0 Å². The fourth-order valence-corrected chi connectivity index (χ4v) is 2.14. The van der Waals surface area contributed by atoms with Crippen molar-refractivity contribution < 1.29 is 17.6 Å². The number of para-hydroxylation sites is 1. The highest BCUT2D eigenvalue weighted by atomic mass is 32.2. The van der Waals surface area contributed by atoms with E-state index in [1.165, 1.54) is 36.9 Å². The smallest absolute Gasteiger partial charge is 0.223 e. The monoisotopic (exact) mass is 288 g/mol.